The van der Waals surface area contributed by atoms with Gasteiger partial charge in [0.2, 0.25) is 11.8 Å². The molecule has 0 unspecified atom stereocenters. The van der Waals surface area contributed by atoms with Crippen molar-refractivity contribution in [2.45, 2.75) is 19.8 Å². The summed E-state index contributed by atoms with van der Waals surface area (Å²) in [6.07, 6.45) is 3.21. The fourth-order valence-electron chi connectivity index (χ4n) is 4.47. The van der Waals surface area contributed by atoms with Crippen LogP contribution in [0, 0.1) is 5.82 Å². The Balaban J connectivity index is 1.51. The first kappa shape index (κ1) is 27.2. The lowest BCUT2D eigenvalue weighted by atomic mass is 10.0. The van der Waals surface area contributed by atoms with Crippen molar-refractivity contribution in [2.75, 3.05) is 16.8 Å². The molecule has 0 spiro atoms. The van der Waals surface area contributed by atoms with E-state index in [0.29, 0.717) is 46.3 Å². The van der Waals surface area contributed by atoms with Crippen molar-refractivity contribution in [3.8, 4) is 22.8 Å². The number of imidazole rings is 1. The van der Waals surface area contributed by atoms with Gasteiger partial charge in [-0.05, 0) is 60.8 Å². The van der Waals surface area contributed by atoms with Crippen LogP contribution >= 0.6 is 0 Å². The van der Waals surface area contributed by atoms with Crippen molar-refractivity contribution in [3.63, 3.8) is 0 Å². The van der Waals surface area contributed by atoms with E-state index in [1.54, 1.807) is 30.6 Å². The molecular formula is C31H27FN6O3. The van der Waals surface area contributed by atoms with Crippen LogP contribution in [-0.2, 0) is 9.59 Å². The first-order valence-corrected chi connectivity index (χ1v) is 13.0. The number of halogens is 1. The summed E-state index contributed by atoms with van der Waals surface area (Å²) in [5, 5.41) is 4.78. The second-order valence-corrected chi connectivity index (χ2v) is 9.40. The smallest absolute Gasteiger partial charge is 0.258 e. The number of nitrogens with two attached hydrogens (primary N) is 1. The average molecular weight is 551 g/mol. The van der Waals surface area contributed by atoms with Crippen LogP contribution in [0.5, 0.6) is 0 Å². The Morgan fingerprint density at radius 1 is 0.927 bits per heavy atom. The highest BCUT2D eigenvalue weighted by Gasteiger charge is 2.20. The zero-order chi connectivity index (χ0) is 28.9. The third-order valence-corrected chi connectivity index (χ3v) is 6.52. The van der Waals surface area contributed by atoms with E-state index in [4.69, 9.17) is 5.73 Å². The number of carbonyl (C=O) groups excluding carboxylic acids is 3. The highest BCUT2D eigenvalue weighted by molar-refractivity contribution is 6.08. The first-order valence-electron chi connectivity index (χ1n) is 13.0. The predicted molar refractivity (Wildman–Crippen MR) is 156 cm³/mol. The number of rotatable bonds is 9. The lowest BCUT2D eigenvalue weighted by Crippen LogP contribution is -2.30. The van der Waals surface area contributed by atoms with Crippen LogP contribution in [0.25, 0.3) is 33.5 Å². The van der Waals surface area contributed by atoms with E-state index in [2.05, 4.69) is 20.3 Å². The van der Waals surface area contributed by atoms with Gasteiger partial charge in [0, 0.05) is 53.5 Å². The highest BCUT2D eigenvalue weighted by atomic mass is 19.1. The predicted octanol–water partition coefficient (Wildman–Crippen LogP) is 5.30. The van der Waals surface area contributed by atoms with E-state index in [9.17, 15) is 18.8 Å². The third kappa shape index (κ3) is 6.27. The molecule has 3 aromatic carbocycles. The second-order valence-electron chi connectivity index (χ2n) is 9.40. The monoisotopic (exact) mass is 550 g/mol. The molecule has 0 radical (unpaired) electrons. The number of pyridine rings is 1. The van der Waals surface area contributed by atoms with E-state index >= 15 is 0 Å². The van der Waals surface area contributed by atoms with Gasteiger partial charge >= 0.3 is 0 Å². The van der Waals surface area contributed by atoms with Gasteiger partial charge < -0.3 is 20.9 Å². The number of amides is 3. The standard InChI is InChI=1S/C31H27FN6O3/c1-2-38(25-9-7-23(32)8-10-25)31(41)22-13-21(14-24(15-22)36-29(40)12-11-28(33)39)27-18-35-30(37-27)26-16-19-5-3-4-6-20(19)17-34-26/h3-10,13-18H,2,11-12H2,1H3,(H2,33,39)(H,35,37)(H,36,40). The number of hydrogen-bond acceptors (Lipinski definition) is 5. The zero-order valence-corrected chi connectivity index (χ0v) is 22.2. The summed E-state index contributed by atoms with van der Waals surface area (Å²) >= 11 is 0. The van der Waals surface area contributed by atoms with Crippen LogP contribution in [0.2, 0.25) is 0 Å². The molecule has 10 heteroatoms. The SMILES string of the molecule is CCN(C(=O)c1cc(NC(=O)CCC(N)=O)cc(-c2cnc(-c3cc4ccccc4cn3)[nH]2)c1)c1ccc(F)cc1. The molecule has 0 saturated carbocycles. The Morgan fingerprint density at radius 2 is 1.68 bits per heavy atom. The molecule has 0 aliphatic carbocycles. The summed E-state index contributed by atoms with van der Waals surface area (Å²) in [5.74, 6) is -1.22. The molecule has 5 aromatic rings. The Hall–Kier alpha value is -5.38. The maximum absolute atomic E-state index is 13.7. The van der Waals surface area contributed by atoms with E-state index < -0.39 is 17.6 Å². The fourth-order valence-corrected chi connectivity index (χ4v) is 4.47. The third-order valence-electron chi connectivity index (χ3n) is 6.52. The summed E-state index contributed by atoms with van der Waals surface area (Å²) in [7, 11) is 0. The quantitative estimate of drug-likeness (QED) is 0.229. The number of fused-ring (bicyclic) bond motifs is 1. The molecule has 2 heterocycles. The van der Waals surface area contributed by atoms with Gasteiger partial charge in [0.25, 0.3) is 5.91 Å². The van der Waals surface area contributed by atoms with Crippen LogP contribution < -0.4 is 16.0 Å². The van der Waals surface area contributed by atoms with Crippen LogP contribution in [-0.4, -0.2) is 39.2 Å². The summed E-state index contributed by atoms with van der Waals surface area (Å²) in [6, 6.07) is 20.4. The van der Waals surface area contributed by atoms with E-state index in [1.165, 1.54) is 29.2 Å². The molecule has 0 atom stereocenters. The number of benzene rings is 3. The molecule has 0 fully saturated rings. The number of hydrogen-bond donors (Lipinski definition) is 3. The molecule has 5 rings (SSSR count). The Kier molecular flexibility index (Phi) is 7.82. The molecule has 4 N–H and O–H groups in total. The Labute approximate surface area is 235 Å². The molecule has 9 nitrogen and oxygen atoms in total. The van der Waals surface area contributed by atoms with Crippen LogP contribution in [0.15, 0.2) is 85.2 Å². The number of anilines is 2. The van der Waals surface area contributed by atoms with Gasteiger partial charge in [-0.25, -0.2) is 9.37 Å². The first-order chi connectivity index (χ1) is 19.8. The number of H-pyrrole nitrogens is 1. The molecule has 0 bridgehead atoms. The zero-order valence-electron chi connectivity index (χ0n) is 22.2. The van der Waals surface area contributed by atoms with Gasteiger partial charge in [-0.3, -0.25) is 19.4 Å². The summed E-state index contributed by atoms with van der Waals surface area (Å²) < 4.78 is 13.5. The minimum Gasteiger partial charge on any atom is -0.370 e. The summed E-state index contributed by atoms with van der Waals surface area (Å²) in [6.45, 7) is 2.15. The van der Waals surface area contributed by atoms with E-state index in [1.807, 2.05) is 37.3 Å². The van der Waals surface area contributed by atoms with Crippen molar-refractivity contribution < 1.29 is 18.8 Å². The van der Waals surface area contributed by atoms with Gasteiger partial charge in [0.1, 0.15) is 11.5 Å². The Morgan fingerprint density at radius 3 is 2.41 bits per heavy atom. The van der Waals surface area contributed by atoms with Crippen molar-refractivity contribution in [1.82, 2.24) is 15.0 Å². The molecule has 206 valence electrons. The highest BCUT2D eigenvalue weighted by Crippen LogP contribution is 2.28. The number of aromatic nitrogens is 3. The lowest BCUT2D eigenvalue weighted by molar-refractivity contribution is -0.122. The molecular weight excluding hydrogens is 523 g/mol. The average Bonchev–Trinajstić information content (AvgIpc) is 3.47. The summed E-state index contributed by atoms with van der Waals surface area (Å²) in [4.78, 5) is 51.1. The topological polar surface area (TPSA) is 134 Å². The number of carbonyl (C=O) groups is 3. The molecule has 41 heavy (non-hydrogen) atoms. The van der Waals surface area contributed by atoms with Gasteiger partial charge in [0.05, 0.1) is 11.9 Å². The maximum atomic E-state index is 13.7. The second kappa shape index (κ2) is 11.8. The number of nitrogens with one attached hydrogen (secondary N) is 2. The van der Waals surface area contributed by atoms with Crippen molar-refractivity contribution in [1.29, 1.82) is 0 Å². The Bertz CT molecular complexity index is 1750. The number of primary amides is 1. The van der Waals surface area contributed by atoms with E-state index in [0.717, 1.165) is 10.8 Å². The summed E-state index contributed by atoms with van der Waals surface area (Å²) in [5.41, 5.74) is 8.20. The normalized spacial score (nSPS) is 10.9. The van der Waals surface area contributed by atoms with Gasteiger partial charge in [-0.2, -0.15) is 0 Å². The molecule has 3 amide bonds. The maximum Gasteiger partial charge on any atom is 0.258 e. The minimum atomic E-state index is -0.588. The van der Waals surface area contributed by atoms with Crippen molar-refractivity contribution >= 4 is 39.9 Å². The van der Waals surface area contributed by atoms with E-state index in [-0.39, 0.29) is 18.7 Å². The molecule has 0 aliphatic heterocycles. The van der Waals surface area contributed by atoms with Crippen molar-refractivity contribution in [3.05, 3.63) is 96.6 Å². The molecule has 2 aromatic heterocycles. The van der Waals surface area contributed by atoms with Crippen LogP contribution in [0.1, 0.15) is 30.1 Å². The van der Waals surface area contributed by atoms with Crippen LogP contribution in [0.4, 0.5) is 15.8 Å². The number of nitrogens with zero attached hydrogens (tertiary/aromatic N) is 3. The fraction of sp³-hybridized carbons (Fsp3) is 0.129. The van der Waals surface area contributed by atoms with Gasteiger partial charge in [-0.15, -0.1) is 0 Å². The minimum absolute atomic E-state index is 0.0959. The van der Waals surface area contributed by atoms with Gasteiger partial charge in [0.15, 0.2) is 5.82 Å². The van der Waals surface area contributed by atoms with Gasteiger partial charge in [-0.1, -0.05) is 24.3 Å². The van der Waals surface area contributed by atoms with Crippen LogP contribution in [0.3, 0.4) is 0 Å². The molecule has 0 aliphatic rings. The molecule has 0 saturated heterocycles. The largest absolute Gasteiger partial charge is 0.370 e. The number of aromatic amines is 1. The van der Waals surface area contributed by atoms with Crippen molar-refractivity contribution in [2.24, 2.45) is 5.73 Å². The lowest BCUT2D eigenvalue weighted by Gasteiger charge is -2.22.